The number of aliphatic carboxylic acids is 1. The van der Waals surface area contributed by atoms with Crippen LogP contribution in [0.1, 0.15) is 37.8 Å². The predicted octanol–water partition coefficient (Wildman–Crippen LogP) is 1.27. The monoisotopic (exact) mass is 326 g/mol. The molecule has 1 aliphatic rings. The van der Waals surface area contributed by atoms with Gasteiger partial charge in [0.05, 0.1) is 12.5 Å². The highest BCUT2D eigenvalue weighted by atomic mass is 19.1. The average molecular weight is 326 g/mol. The van der Waals surface area contributed by atoms with Gasteiger partial charge in [-0.05, 0) is 25.0 Å². The van der Waals surface area contributed by atoms with Crippen molar-refractivity contribution in [3.8, 4) is 0 Å². The van der Waals surface area contributed by atoms with Crippen LogP contribution in [0.25, 0.3) is 0 Å². The predicted molar refractivity (Wildman–Crippen MR) is 75.3 cm³/mol. The van der Waals surface area contributed by atoms with E-state index in [4.69, 9.17) is 5.11 Å². The van der Waals surface area contributed by atoms with Crippen molar-refractivity contribution in [3.63, 3.8) is 0 Å². The molecule has 8 heteroatoms. The number of rotatable bonds is 6. The van der Waals surface area contributed by atoms with Crippen LogP contribution in [0.4, 0.5) is 8.78 Å². The summed E-state index contributed by atoms with van der Waals surface area (Å²) >= 11 is 0. The van der Waals surface area contributed by atoms with Crippen LogP contribution in [0.15, 0.2) is 18.2 Å². The number of benzene rings is 1. The van der Waals surface area contributed by atoms with Crippen molar-refractivity contribution in [2.24, 2.45) is 0 Å². The molecule has 1 atom stereocenters. The van der Waals surface area contributed by atoms with Gasteiger partial charge in [-0.15, -0.1) is 0 Å². The first-order valence-electron chi connectivity index (χ1n) is 7.00. The van der Waals surface area contributed by atoms with E-state index in [0.29, 0.717) is 12.8 Å². The number of halogens is 2. The highest BCUT2D eigenvalue weighted by Crippen LogP contribution is 2.36. The third kappa shape index (κ3) is 3.82. The zero-order chi connectivity index (χ0) is 17.2. The molecule has 0 aromatic heterocycles. The fourth-order valence-corrected chi connectivity index (χ4v) is 2.33. The molecule has 1 aromatic carbocycles. The van der Waals surface area contributed by atoms with Gasteiger partial charge < -0.3 is 15.7 Å². The smallest absolute Gasteiger partial charge is 0.329 e. The molecule has 3 N–H and O–H groups in total. The van der Waals surface area contributed by atoms with E-state index < -0.39 is 53.0 Å². The summed E-state index contributed by atoms with van der Waals surface area (Å²) in [5, 5.41) is 13.7. The zero-order valence-electron chi connectivity index (χ0n) is 12.4. The quantitative estimate of drug-likeness (QED) is 0.733. The van der Waals surface area contributed by atoms with Crippen molar-refractivity contribution in [1.29, 1.82) is 0 Å². The second-order valence-electron chi connectivity index (χ2n) is 5.53. The molecule has 0 saturated heterocycles. The van der Waals surface area contributed by atoms with E-state index in [1.54, 1.807) is 0 Å². The molecular formula is C15H16F2N2O4. The largest absolute Gasteiger partial charge is 0.480 e. The number of carbonyl (C=O) groups excluding carboxylic acids is 2. The van der Waals surface area contributed by atoms with E-state index in [0.717, 1.165) is 19.1 Å². The van der Waals surface area contributed by atoms with Gasteiger partial charge in [-0.2, -0.15) is 0 Å². The molecule has 1 fully saturated rings. The van der Waals surface area contributed by atoms with Crippen molar-refractivity contribution in [2.45, 2.75) is 37.8 Å². The minimum absolute atomic E-state index is 0.299. The van der Waals surface area contributed by atoms with E-state index >= 15 is 0 Å². The summed E-state index contributed by atoms with van der Waals surface area (Å²) in [6, 6.07) is 1.98. The molecule has 1 aromatic rings. The summed E-state index contributed by atoms with van der Waals surface area (Å²) in [6.07, 6.45) is 0.131. The maximum absolute atomic E-state index is 13.9. The first kappa shape index (κ1) is 16.9. The Morgan fingerprint density at radius 3 is 2.26 bits per heavy atom. The normalized spacial score (nSPS) is 16.3. The van der Waals surface area contributed by atoms with Crippen LogP contribution in [-0.4, -0.2) is 28.4 Å². The molecule has 23 heavy (non-hydrogen) atoms. The second-order valence-corrected chi connectivity index (χ2v) is 5.53. The van der Waals surface area contributed by atoms with Crippen molar-refractivity contribution in [1.82, 2.24) is 10.6 Å². The molecule has 2 rings (SSSR count). The highest BCUT2D eigenvalue weighted by molar-refractivity contribution is 5.90. The number of carboxylic acids is 1. The number of hydrogen-bond donors (Lipinski definition) is 3. The Kier molecular flexibility index (Phi) is 4.63. The van der Waals surface area contributed by atoms with Crippen LogP contribution in [0.5, 0.6) is 0 Å². The molecular weight excluding hydrogens is 310 g/mol. The molecule has 0 spiro atoms. The Labute approximate surface area is 130 Å². The van der Waals surface area contributed by atoms with Crippen molar-refractivity contribution in [2.75, 3.05) is 0 Å². The molecule has 0 heterocycles. The van der Waals surface area contributed by atoms with Crippen LogP contribution in [0, 0.1) is 11.6 Å². The van der Waals surface area contributed by atoms with Crippen LogP contribution >= 0.6 is 0 Å². The van der Waals surface area contributed by atoms with E-state index in [1.165, 1.54) is 6.07 Å². The summed E-state index contributed by atoms with van der Waals surface area (Å²) in [4.78, 5) is 34.3. The van der Waals surface area contributed by atoms with E-state index in [1.807, 2.05) is 0 Å². The van der Waals surface area contributed by atoms with Gasteiger partial charge in [0.25, 0.3) is 0 Å². The summed E-state index contributed by atoms with van der Waals surface area (Å²) in [5.41, 5.74) is -1.73. The number of hydrogen-bond acceptors (Lipinski definition) is 3. The first-order valence-corrected chi connectivity index (χ1v) is 7.00. The van der Waals surface area contributed by atoms with Gasteiger partial charge in [-0.25, -0.2) is 13.6 Å². The average Bonchev–Trinajstić information content (AvgIpc) is 3.18. The van der Waals surface area contributed by atoms with Gasteiger partial charge in [0, 0.05) is 12.5 Å². The summed E-state index contributed by atoms with van der Waals surface area (Å²) < 4.78 is 27.7. The lowest BCUT2D eigenvalue weighted by Crippen LogP contribution is -2.44. The first-order chi connectivity index (χ1) is 10.7. The highest BCUT2D eigenvalue weighted by Gasteiger charge is 2.51. The van der Waals surface area contributed by atoms with Crippen molar-refractivity contribution < 1.29 is 28.3 Å². The zero-order valence-corrected chi connectivity index (χ0v) is 12.4. The summed E-state index contributed by atoms with van der Waals surface area (Å²) in [6.45, 7) is 1.16. The van der Waals surface area contributed by atoms with Crippen molar-refractivity contribution in [3.05, 3.63) is 35.4 Å². The van der Waals surface area contributed by atoms with Crippen LogP contribution in [0.2, 0.25) is 0 Å². The summed E-state index contributed by atoms with van der Waals surface area (Å²) in [7, 11) is 0. The van der Waals surface area contributed by atoms with Crippen molar-refractivity contribution >= 4 is 17.8 Å². The molecule has 0 unspecified atom stereocenters. The number of amides is 2. The minimum Gasteiger partial charge on any atom is -0.480 e. The lowest BCUT2D eigenvalue weighted by molar-refractivity contribution is -0.143. The van der Waals surface area contributed by atoms with Gasteiger partial charge in [0.1, 0.15) is 17.2 Å². The lowest BCUT2D eigenvalue weighted by atomic mass is 10.0. The standard InChI is InChI=1S/C15H16F2N2O4/c1-8(20)18-11(13-9(16)3-2-4-10(13)17)7-12(21)19-15(5-6-15)14(22)23/h2-4,11H,5-7H2,1H3,(H,18,20)(H,19,21)(H,22,23)/t11-/m1/s1. The van der Waals surface area contributed by atoms with E-state index in [2.05, 4.69) is 10.6 Å². The van der Waals surface area contributed by atoms with Crippen LogP contribution in [-0.2, 0) is 14.4 Å². The molecule has 0 aliphatic heterocycles. The van der Waals surface area contributed by atoms with Gasteiger partial charge in [-0.3, -0.25) is 9.59 Å². The van der Waals surface area contributed by atoms with Crippen LogP contribution in [0.3, 0.4) is 0 Å². The van der Waals surface area contributed by atoms with Gasteiger partial charge >= 0.3 is 5.97 Å². The maximum Gasteiger partial charge on any atom is 0.329 e. The Morgan fingerprint density at radius 1 is 1.26 bits per heavy atom. The minimum atomic E-state index is -1.30. The molecule has 0 bridgehead atoms. The molecule has 0 radical (unpaired) electrons. The van der Waals surface area contributed by atoms with E-state index in [9.17, 15) is 23.2 Å². The third-order valence-electron chi connectivity index (χ3n) is 3.65. The summed E-state index contributed by atoms with van der Waals surface area (Å²) in [5.74, 6) is -4.21. The van der Waals surface area contributed by atoms with Gasteiger partial charge in [0.15, 0.2) is 0 Å². The topological polar surface area (TPSA) is 95.5 Å². The van der Waals surface area contributed by atoms with Gasteiger partial charge in [-0.1, -0.05) is 6.07 Å². The SMILES string of the molecule is CC(=O)N[C@H](CC(=O)NC1(C(=O)O)CC1)c1c(F)cccc1F. The molecule has 6 nitrogen and oxygen atoms in total. The Hall–Kier alpha value is -2.51. The number of nitrogens with one attached hydrogen (secondary N) is 2. The molecule has 1 aliphatic carbocycles. The molecule has 1 saturated carbocycles. The fourth-order valence-electron chi connectivity index (χ4n) is 2.33. The Balaban J connectivity index is 2.18. The van der Waals surface area contributed by atoms with E-state index in [-0.39, 0.29) is 0 Å². The molecule has 2 amide bonds. The maximum atomic E-state index is 13.9. The lowest BCUT2D eigenvalue weighted by Gasteiger charge is -2.20. The number of carbonyl (C=O) groups is 3. The Morgan fingerprint density at radius 2 is 1.83 bits per heavy atom. The molecule has 124 valence electrons. The Bertz CT molecular complexity index is 639. The number of carboxylic acid groups (broad SMARTS) is 1. The van der Waals surface area contributed by atoms with Crippen LogP contribution < -0.4 is 10.6 Å². The van der Waals surface area contributed by atoms with Gasteiger partial charge in [0.2, 0.25) is 11.8 Å². The second kappa shape index (κ2) is 6.31. The fraction of sp³-hybridized carbons (Fsp3) is 0.400. The third-order valence-corrected chi connectivity index (χ3v) is 3.65.